The summed E-state index contributed by atoms with van der Waals surface area (Å²) in [7, 11) is 0. The summed E-state index contributed by atoms with van der Waals surface area (Å²) in [5.41, 5.74) is 0.986. The maximum atomic E-state index is 11.7. The van der Waals surface area contributed by atoms with E-state index in [1.807, 2.05) is 6.20 Å². The van der Waals surface area contributed by atoms with Gasteiger partial charge in [0, 0.05) is 24.3 Å². The van der Waals surface area contributed by atoms with Gasteiger partial charge in [-0.25, -0.2) is 0 Å². The zero-order chi connectivity index (χ0) is 14.7. The first kappa shape index (κ1) is 14.4. The van der Waals surface area contributed by atoms with Crippen LogP contribution in [0.1, 0.15) is 39.0 Å². The van der Waals surface area contributed by atoms with Crippen molar-refractivity contribution in [3.8, 4) is 0 Å². The third kappa shape index (κ3) is 4.46. The van der Waals surface area contributed by atoms with Crippen LogP contribution in [0.2, 0.25) is 0 Å². The lowest BCUT2D eigenvalue weighted by Crippen LogP contribution is -2.29. The minimum absolute atomic E-state index is 0.0513. The number of amides is 1. The quantitative estimate of drug-likeness (QED) is 0.703. The van der Waals surface area contributed by atoms with Crippen LogP contribution in [0.25, 0.3) is 0 Å². The van der Waals surface area contributed by atoms with Crippen molar-refractivity contribution >= 4 is 11.6 Å². The van der Waals surface area contributed by atoms with Crippen LogP contribution >= 0.6 is 0 Å². The molecule has 1 saturated heterocycles. The number of nitrogens with one attached hydrogen (secondary N) is 3. The minimum atomic E-state index is 0.0513. The van der Waals surface area contributed by atoms with Crippen molar-refractivity contribution in [3.05, 3.63) is 12.4 Å². The second-order valence-electron chi connectivity index (χ2n) is 6.34. The SMILES string of the molecule is CC(CC1CCCN1)Nc1cnn(CC(=O)NC2CC2)c1. The molecule has 2 aliphatic rings. The molecule has 1 aliphatic carbocycles. The number of rotatable bonds is 7. The van der Waals surface area contributed by atoms with Gasteiger partial charge >= 0.3 is 0 Å². The van der Waals surface area contributed by atoms with Crippen molar-refractivity contribution in [2.45, 2.75) is 63.7 Å². The molecular formula is C15H25N5O. The van der Waals surface area contributed by atoms with E-state index < -0.39 is 0 Å². The van der Waals surface area contributed by atoms with E-state index in [0.29, 0.717) is 24.7 Å². The number of aromatic nitrogens is 2. The molecule has 1 aromatic rings. The van der Waals surface area contributed by atoms with Gasteiger partial charge in [-0.1, -0.05) is 0 Å². The van der Waals surface area contributed by atoms with E-state index in [2.05, 4.69) is 28.0 Å². The lowest BCUT2D eigenvalue weighted by molar-refractivity contribution is -0.122. The highest BCUT2D eigenvalue weighted by atomic mass is 16.2. The molecule has 2 atom stereocenters. The Morgan fingerprint density at radius 1 is 1.52 bits per heavy atom. The highest BCUT2D eigenvalue weighted by Gasteiger charge is 2.23. The molecule has 0 aromatic carbocycles. The third-order valence-corrected chi connectivity index (χ3v) is 4.09. The van der Waals surface area contributed by atoms with E-state index in [4.69, 9.17) is 0 Å². The van der Waals surface area contributed by atoms with Gasteiger partial charge in [0.15, 0.2) is 0 Å². The van der Waals surface area contributed by atoms with E-state index in [1.165, 1.54) is 12.8 Å². The molecule has 2 heterocycles. The van der Waals surface area contributed by atoms with Crippen molar-refractivity contribution in [2.75, 3.05) is 11.9 Å². The first-order chi connectivity index (χ1) is 10.2. The van der Waals surface area contributed by atoms with Gasteiger partial charge in [0.2, 0.25) is 5.91 Å². The van der Waals surface area contributed by atoms with Crippen LogP contribution in [0.15, 0.2) is 12.4 Å². The summed E-state index contributed by atoms with van der Waals surface area (Å²) in [6, 6.07) is 1.44. The van der Waals surface area contributed by atoms with Crippen molar-refractivity contribution in [2.24, 2.45) is 0 Å². The Morgan fingerprint density at radius 2 is 2.38 bits per heavy atom. The molecule has 3 rings (SSSR count). The second kappa shape index (κ2) is 6.47. The number of anilines is 1. The number of carbonyl (C=O) groups is 1. The molecule has 0 radical (unpaired) electrons. The van der Waals surface area contributed by atoms with Gasteiger partial charge in [-0.15, -0.1) is 0 Å². The van der Waals surface area contributed by atoms with E-state index in [-0.39, 0.29) is 5.91 Å². The Balaban J connectivity index is 1.43. The van der Waals surface area contributed by atoms with Crippen LogP contribution in [-0.4, -0.2) is 40.4 Å². The standard InChI is InChI=1S/C15H25N5O/c1-11(7-13-3-2-6-16-13)18-14-8-17-20(9-14)10-15(21)19-12-4-5-12/h8-9,11-13,16,18H,2-7,10H2,1H3,(H,19,21). The van der Waals surface area contributed by atoms with E-state index in [1.54, 1.807) is 10.9 Å². The molecule has 0 spiro atoms. The highest BCUT2D eigenvalue weighted by molar-refractivity contribution is 5.76. The summed E-state index contributed by atoms with van der Waals surface area (Å²) in [5, 5.41) is 14.2. The Kier molecular flexibility index (Phi) is 4.43. The first-order valence-electron chi connectivity index (χ1n) is 8.01. The molecule has 6 heteroatoms. The highest BCUT2D eigenvalue weighted by Crippen LogP contribution is 2.18. The van der Waals surface area contributed by atoms with Crippen molar-refractivity contribution in [1.82, 2.24) is 20.4 Å². The average Bonchev–Trinajstić information content (AvgIpc) is 2.91. The summed E-state index contributed by atoms with van der Waals surface area (Å²) < 4.78 is 1.70. The zero-order valence-electron chi connectivity index (χ0n) is 12.6. The summed E-state index contributed by atoms with van der Waals surface area (Å²) in [4.78, 5) is 11.7. The molecule has 116 valence electrons. The topological polar surface area (TPSA) is 71.0 Å². The van der Waals surface area contributed by atoms with E-state index >= 15 is 0 Å². The van der Waals surface area contributed by atoms with Gasteiger partial charge in [0.25, 0.3) is 0 Å². The Hall–Kier alpha value is -1.56. The van der Waals surface area contributed by atoms with Gasteiger partial charge in [0.1, 0.15) is 6.54 Å². The fraction of sp³-hybridized carbons (Fsp3) is 0.733. The van der Waals surface area contributed by atoms with Gasteiger partial charge < -0.3 is 16.0 Å². The van der Waals surface area contributed by atoms with Crippen molar-refractivity contribution < 1.29 is 4.79 Å². The Bertz CT molecular complexity index is 476. The fourth-order valence-electron chi connectivity index (χ4n) is 2.90. The van der Waals surface area contributed by atoms with Crippen LogP contribution in [-0.2, 0) is 11.3 Å². The first-order valence-corrected chi connectivity index (χ1v) is 8.01. The summed E-state index contributed by atoms with van der Waals surface area (Å²) in [6.07, 6.45) is 9.61. The second-order valence-corrected chi connectivity index (χ2v) is 6.34. The van der Waals surface area contributed by atoms with Crippen LogP contribution < -0.4 is 16.0 Å². The van der Waals surface area contributed by atoms with Crippen molar-refractivity contribution in [3.63, 3.8) is 0 Å². The molecule has 1 aromatic heterocycles. The average molecular weight is 291 g/mol. The normalized spacial score (nSPS) is 23.0. The molecule has 1 amide bonds. The number of hydrogen-bond donors (Lipinski definition) is 3. The van der Waals surface area contributed by atoms with E-state index in [0.717, 1.165) is 31.5 Å². The van der Waals surface area contributed by atoms with Gasteiger partial charge in [0.05, 0.1) is 11.9 Å². The van der Waals surface area contributed by atoms with Crippen LogP contribution in [0.5, 0.6) is 0 Å². The smallest absolute Gasteiger partial charge is 0.241 e. The molecule has 2 unspecified atom stereocenters. The molecule has 21 heavy (non-hydrogen) atoms. The summed E-state index contributed by atoms with van der Waals surface area (Å²) in [6.45, 7) is 3.64. The molecule has 3 N–H and O–H groups in total. The molecular weight excluding hydrogens is 266 g/mol. The van der Waals surface area contributed by atoms with Gasteiger partial charge in [-0.3, -0.25) is 9.48 Å². The maximum absolute atomic E-state index is 11.7. The number of nitrogens with zero attached hydrogens (tertiary/aromatic N) is 2. The van der Waals surface area contributed by atoms with Crippen LogP contribution in [0.3, 0.4) is 0 Å². The molecule has 1 saturated carbocycles. The molecule has 1 aliphatic heterocycles. The lowest BCUT2D eigenvalue weighted by Gasteiger charge is -2.18. The zero-order valence-corrected chi connectivity index (χ0v) is 12.6. The number of hydrogen-bond acceptors (Lipinski definition) is 4. The van der Waals surface area contributed by atoms with E-state index in [9.17, 15) is 4.79 Å². The molecule has 0 bridgehead atoms. The Labute approximate surface area is 125 Å². The van der Waals surface area contributed by atoms with Crippen LogP contribution in [0.4, 0.5) is 5.69 Å². The summed E-state index contributed by atoms with van der Waals surface area (Å²) >= 11 is 0. The Morgan fingerprint density at radius 3 is 3.10 bits per heavy atom. The lowest BCUT2D eigenvalue weighted by atomic mass is 10.1. The van der Waals surface area contributed by atoms with Crippen molar-refractivity contribution in [1.29, 1.82) is 0 Å². The van der Waals surface area contributed by atoms with Crippen LogP contribution in [0, 0.1) is 0 Å². The van der Waals surface area contributed by atoms with Gasteiger partial charge in [-0.05, 0) is 45.6 Å². The fourth-order valence-corrected chi connectivity index (χ4v) is 2.90. The maximum Gasteiger partial charge on any atom is 0.241 e. The minimum Gasteiger partial charge on any atom is -0.380 e. The summed E-state index contributed by atoms with van der Waals surface area (Å²) in [5.74, 6) is 0.0513. The van der Waals surface area contributed by atoms with Gasteiger partial charge in [-0.2, -0.15) is 5.10 Å². The molecule has 2 fully saturated rings. The molecule has 6 nitrogen and oxygen atoms in total. The predicted octanol–water partition coefficient (Wildman–Crippen LogP) is 1.10. The monoisotopic (exact) mass is 291 g/mol. The largest absolute Gasteiger partial charge is 0.380 e. The predicted molar refractivity (Wildman–Crippen MR) is 82.1 cm³/mol. The number of carbonyl (C=O) groups excluding carboxylic acids is 1. The third-order valence-electron chi connectivity index (χ3n) is 4.09.